The molecular weight excluding hydrogens is 298 g/mol. The summed E-state index contributed by atoms with van der Waals surface area (Å²) < 4.78 is 6.83. The predicted octanol–water partition coefficient (Wildman–Crippen LogP) is 1.68. The van der Waals surface area contributed by atoms with Crippen LogP contribution in [0.1, 0.15) is 34.6 Å². The number of amides is 1. The van der Waals surface area contributed by atoms with E-state index in [1.807, 2.05) is 20.9 Å². The van der Waals surface area contributed by atoms with E-state index >= 15 is 0 Å². The Morgan fingerprint density at radius 1 is 1.43 bits per heavy atom. The van der Waals surface area contributed by atoms with Crippen molar-refractivity contribution < 1.29 is 19.4 Å². The zero-order chi connectivity index (χ0) is 17.0. The lowest BCUT2D eigenvalue weighted by Gasteiger charge is -2.14. The number of aliphatic carboxylic acids is 1. The number of aryl methyl sites for hydroxylation is 1. The summed E-state index contributed by atoms with van der Waals surface area (Å²) in [7, 11) is 1.84. The van der Waals surface area contributed by atoms with Crippen molar-refractivity contribution in [3.63, 3.8) is 0 Å². The molecule has 1 aromatic carbocycles. The van der Waals surface area contributed by atoms with Crippen molar-refractivity contribution in [1.29, 1.82) is 0 Å². The number of nitrogens with zero attached hydrogens (tertiary/aromatic N) is 2. The summed E-state index contributed by atoms with van der Waals surface area (Å²) in [6.45, 7) is 3.37. The summed E-state index contributed by atoms with van der Waals surface area (Å²) in [6, 6.07) is 6.22. The van der Waals surface area contributed by atoms with Crippen molar-refractivity contribution in [3.05, 3.63) is 47.3 Å². The molecule has 1 amide bonds. The zero-order valence-corrected chi connectivity index (χ0v) is 13.2. The molecule has 0 spiro atoms. The number of benzene rings is 1. The van der Waals surface area contributed by atoms with Gasteiger partial charge in [-0.3, -0.25) is 9.48 Å². The first-order valence-corrected chi connectivity index (χ1v) is 7.12. The summed E-state index contributed by atoms with van der Waals surface area (Å²) in [5.41, 5.74) is 2.33. The van der Waals surface area contributed by atoms with Gasteiger partial charge < -0.3 is 15.2 Å². The molecule has 0 fully saturated rings. The second-order valence-electron chi connectivity index (χ2n) is 5.21. The molecule has 1 unspecified atom stereocenters. The van der Waals surface area contributed by atoms with Gasteiger partial charge in [-0.25, -0.2) is 4.79 Å². The topological polar surface area (TPSA) is 93.4 Å². The Bertz CT molecular complexity index is 724. The number of nitrogens with one attached hydrogen (secondary N) is 1. The standard InChI is InChI=1S/C16H19N3O4/c1-10(14-8-17-19(3)11(14)2)18-16(22)12-5-4-6-13(7-12)23-9-15(20)21/h4-8,10H,9H2,1-3H3,(H,18,22)(H,20,21). The third kappa shape index (κ3) is 4.09. The molecule has 2 rings (SSSR count). The van der Waals surface area contributed by atoms with Gasteiger partial charge in [0.25, 0.3) is 5.91 Å². The molecule has 7 nitrogen and oxygen atoms in total. The minimum absolute atomic E-state index is 0.195. The van der Waals surface area contributed by atoms with E-state index in [4.69, 9.17) is 9.84 Å². The van der Waals surface area contributed by atoms with Crippen LogP contribution >= 0.6 is 0 Å². The van der Waals surface area contributed by atoms with Gasteiger partial charge in [0.05, 0.1) is 12.2 Å². The van der Waals surface area contributed by atoms with Gasteiger partial charge in [-0.1, -0.05) is 6.07 Å². The fourth-order valence-corrected chi connectivity index (χ4v) is 2.17. The summed E-state index contributed by atoms with van der Waals surface area (Å²) in [4.78, 5) is 22.8. The second-order valence-corrected chi connectivity index (χ2v) is 5.21. The number of ether oxygens (including phenoxy) is 1. The maximum absolute atomic E-state index is 12.3. The Balaban J connectivity index is 2.07. The van der Waals surface area contributed by atoms with Crippen LogP contribution in [0.3, 0.4) is 0 Å². The molecule has 0 bridgehead atoms. The Hall–Kier alpha value is -2.83. The van der Waals surface area contributed by atoms with Crippen molar-refractivity contribution in [2.75, 3.05) is 6.61 Å². The summed E-state index contributed by atoms with van der Waals surface area (Å²) in [6.07, 6.45) is 1.73. The number of carbonyl (C=O) groups excluding carboxylic acids is 1. The molecule has 0 radical (unpaired) electrons. The summed E-state index contributed by atoms with van der Waals surface area (Å²) in [5, 5.41) is 15.7. The van der Waals surface area contributed by atoms with Gasteiger partial charge >= 0.3 is 5.97 Å². The number of rotatable bonds is 6. The molecule has 23 heavy (non-hydrogen) atoms. The minimum atomic E-state index is -1.07. The van der Waals surface area contributed by atoms with E-state index in [1.165, 1.54) is 6.07 Å². The van der Waals surface area contributed by atoms with Crippen LogP contribution in [0.4, 0.5) is 0 Å². The Morgan fingerprint density at radius 2 is 2.17 bits per heavy atom. The van der Waals surface area contributed by atoms with E-state index in [0.717, 1.165) is 11.3 Å². The Kier molecular flexibility index (Phi) is 5.00. The zero-order valence-electron chi connectivity index (χ0n) is 13.2. The van der Waals surface area contributed by atoms with Crippen molar-refractivity contribution >= 4 is 11.9 Å². The monoisotopic (exact) mass is 317 g/mol. The van der Waals surface area contributed by atoms with Crippen LogP contribution in [0.15, 0.2) is 30.5 Å². The van der Waals surface area contributed by atoms with Crippen molar-refractivity contribution in [1.82, 2.24) is 15.1 Å². The fraction of sp³-hybridized carbons (Fsp3) is 0.312. The van der Waals surface area contributed by atoms with Crippen molar-refractivity contribution in [2.45, 2.75) is 19.9 Å². The molecule has 1 aromatic heterocycles. The maximum Gasteiger partial charge on any atom is 0.341 e. The number of carbonyl (C=O) groups is 2. The third-order valence-electron chi connectivity index (χ3n) is 3.55. The first-order chi connectivity index (χ1) is 10.9. The van der Waals surface area contributed by atoms with Gasteiger partial charge in [-0.05, 0) is 32.0 Å². The molecule has 0 aliphatic carbocycles. The molecule has 2 aromatic rings. The summed E-state index contributed by atoms with van der Waals surface area (Å²) >= 11 is 0. The quantitative estimate of drug-likeness (QED) is 0.845. The average molecular weight is 317 g/mol. The lowest BCUT2D eigenvalue weighted by atomic mass is 10.1. The van der Waals surface area contributed by atoms with Gasteiger partial charge in [-0.15, -0.1) is 0 Å². The van der Waals surface area contributed by atoms with Crippen LogP contribution in [-0.2, 0) is 11.8 Å². The molecule has 122 valence electrons. The molecule has 2 N–H and O–H groups in total. The first-order valence-electron chi connectivity index (χ1n) is 7.12. The van der Waals surface area contributed by atoms with E-state index in [0.29, 0.717) is 11.3 Å². The lowest BCUT2D eigenvalue weighted by Crippen LogP contribution is -2.27. The van der Waals surface area contributed by atoms with Gasteiger partial charge in [0.1, 0.15) is 5.75 Å². The molecule has 0 aliphatic rings. The minimum Gasteiger partial charge on any atom is -0.482 e. The number of aromatic nitrogens is 2. The molecule has 1 heterocycles. The van der Waals surface area contributed by atoms with Crippen LogP contribution in [-0.4, -0.2) is 33.4 Å². The van der Waals surface area contributed by atoms with Gasteiger partial charge in [-0.2, -0.15) is 5.10 Å². The third-order valence-corrected chi connectivity index (χ3v) is 3.55. The highest BCUT2D eigenvalue weighted by Crippen LogP contribution is 2.18. The second kappa shape index (κ2) is 6.95. The molecule has 7 heteroatoms. The van der Waals surface area contributed by atoms with E-state index in [1.54, 1.807) is 29.1 Å². The largest absolute Gasteiger partial charge is 0.482 e. The van der Waals surface area contributed by atoms with Crippen LogP contribution < -0.4 is 10.1 Å². The fourth-order valence-electron chi connectivity index (χ4n) is 2.17. The molecular formula is C16H19N3O4. The van der Waals surface area contributed by atoms with E-state index in [9.17, 15) is 9.59 Å². The highest BCUT2D eigenvalue weighted by Gasteiger charge is 2.16. The predicted molar refractivity (Wildman–Crippen MR) is 83.4 cm³/mol. The highest BCUT2D eigenvalue weighted by molar-refractivity contribution is 5.94. The Labute approximate surface area is 133 Å². The Morgan fingerprint density at radius 3 is 2.78 bits per heavy atom. The molecule has 0 aliphatic heterocycles. The smallest absolute Gasteiger partial charge is 0.341 e. The van der Waals surface area contributed by atoms with Crippen LogP contribution in [0, 0.1) is 6.92 Å². The average Bonchev–Trinajstić information content (AvgIpc) is 2.85. The van der Waals surface area contributed by atoms with E-state index < -0.39 is 12.6 Å². The number of hydrogen-bond donors (Lipinski definition) is 2. The lowest BCUT2D eigenvalue weighted by molar-refractivity contribution is -0.139. The van der Waals surface area contributed by atoms with E-state index in [2.05, 4.69) is 10.4 Å². The normalized spacial score (nSPS) is 11.8. The van der Waals surface area contributed by atoms with Gasteiger partial charge in [0, 0.05) is 23.9 Å². The first kappa shape index (κ1) is 16.5. The number of hydrogen-bond acceptors (Lipinski definition) is 4. The van der Waals surface area contributed by atoms with Crippen LogP contribution in [0.25, 0.3) is 0 Å². The molecule has 0 saturated heterocycles. The number of carboxylic acids is 1. The van der Waals surface area contributed by atoms with Crippen molar-refractivity contribution in [2.24, 2.45) is 7.05 Å². The molecule has 0 saturated carbocycles. The SMILES string of the molecule is Cc1c(C(C)NC(=O)c2cccc(OCC(=O)O)c2)cnn1C. The maximum atomic E-state index is 12.3. The molecule has 1 atom stereocenters. The van der Waals surface area contributed by atoms with Gasteiger partial charge in [0.15, 0.2) is 6.61 Å². The van der Waals surface area contributed by atoms with Crippen LogP contribution in [0.2, 0.25) is 0 Å². The van der Waals surface area contributed by atoms with Crippen LogP contribution in [0.5, 0.6) is 5.75 Å². The highest BCUT2D eigenvalue weighted by atomic mass is 16.5. The summed E-state index contributed by atoms with van der Waals surface area (Å²) in [5.74, 6) is -0.993. The van der Waals surface area contributed by atoms with E-state index in [-0.39, 0.29) is 11.9 Å². The van der Waals surface area contributed by atoms with Crippen molar-refractivity contribution in [3.8, 4) is 5.75 Å². The van der Waals surface area contributed by atoms with Gasteiger partial charge in [0.2, 0.25) is 0 Å². The number of carboxylic acid groups (broad SMARTS) is 1.